The van der Waals surface area contributed by atoms with Crippen molar-refractivity contribution in [3.8, 4) is 5.75 Å². The van der Waals surface area contributed by atoms with Crippen LogP contribution in [0.2, 0.25) is 5.02 Å². The van der Waals surface area contributed by atoms with E-state index in [2.05, 4.69) is 28.2 Å². The molecule has 1 aromatic carbocycles. The maximum absolute atomic E-state index is 6.08. The predicted molar refractivity (Wildman–Crippen MR) is 77.0 cm³/mol. The van der Waals surface area contributed by atoms with Crippen LogP contribution < -0.4 is 10.1 Å². The van der Waals surface area contributed by atoms with Crippen molar-refractivity contribution < 1.29 is 4.74 Å². The summed E-state index contributed by atoms with van der Waals surface area (Å²) in [7, 11) is 0. The van der Waals surface area contributed by atoms with Crippen molar-refractivity contribution >= 4 is 27.5 Å². The minimum atomic E-state index is 0.116. The van der Waals surface area contributed by atoms with Crippen LogP contribution in [0.1, 0.15) is 26.7 Å². The van der Waals surface area contributed by atoms with E-state index in [1.54, 1.807) is 0 Å². The van der Waals surface area contributed by atoms with E-state index in [0.29, 0.717) is 5.02 Å². The molecule has 1 atom stereocenters. The lowest BCUT2D eigenvalue weighted by atomic mass is 10.3. The van der Waals surface area contributed by atoms with Gasteiger partial charge in [0, 0.05) is 11.0 Å². The van der Waals surface area contributed by atoms with Crippen LogP contribution in [0.25, 0.3) is 0 Å². The summed E-state index contributed by atoms with van der Waals surface area (Å²) >= 11 is 9.45. The Morgan fingerprint density at radius 1 is 1.47 bits per heavy atom. The maximum atomic E-state index is 6.08. The van der Waals surface area contributed by atoms with Gasteiger partial charge in [0.15, 0.2) is 0 Å². The van der Waals surface area contributed by atoms with E-state index >= 15 is 0 Å². The molecule has 17 heavy (non-hydrogen) atoms. The van der Waals surface area contributed by atoms with Crippen molar-refractivity contribution in [3.05, 3.63) is 27.7 Å². The van der Waals surface area contributed by atoms with Gasteiger partial charge in [0.25, 0.3) is 0 Å². The van der Waals surface area contributed by atoms with E-state index < -0.39 is 0 Å². The Hall–Kier alpha value is -0.250. The SMILES string of the molecule is CCCCNCC(C)Oc1ccc(Br)cc1Cl. The van der Waals surface area contributed by atoms with Gasteiger partial charge in [-0.2, -0.15) is 0 Å². The topological polar surface area (TPSA) is 21.3 Å². The molecule has 1 unspecified atom stereocenters. The monoisotopic (exact) mass is 319 g/mol. The summed E-state index contributed by atoms with van der Waals surface area (Å²) in [5.74, 6) is 0.736. The molecule has 2 nitrogen and oxygen atoms in total. The summed E-state index contributed by atoms with van der Waals surface area (Å²) in [4.78, 5) is 0. The van der Waals surface area contributed by atoms with Crippen LogP contribution in [0.4, 0.5) is 0 Å². The lowest BCUT2D eigenvalue weighted by Crippen LogP contribution is -2.29. The van der Waals surface area contributed by atoms with Crippen LogP contribution in [-0.2, 0) is 0 Å². The van der Waals surface area contributed by atoms with E-state index in [4.69, 9.17) is 16.3 Å². The Morgan fingerprint density at radius 2 is 2.24 bits per heavy atom. The molecular formula is C13H19BrClNO. The van der Waals surface area contributed by atoms with Crippen LogP contribution in [-0.4, -0.2) is 19.2 Å². The molecule has 0 aromatic heterocycles. The van der Waals surface area contributed by atoms with Crippen molar-refractivity contribution in [2.45, 2.75) is 32.8 Å². The molecule has 0 saturated carbocycles. The molecule has 0 heterocycles. The summed E-state index contributed by atoms with van der Waals surface area (Å²) < 4.78 is 6.73. The smallest absolute Gasteiger partial charge is 0.138 e. The third-order valence-corrected chi connectivity index (χ3v) is 3.15. The number of benzene rings is 1. The molecule has 0 amide bonds. The highest BCUT2D eigenvalue weighted by Crippen LogP contribution is 2.28. The first kappa shape index (κ1) is 14.8. The number of hydrogen-bond acceptors (Lipinski definition) is 2. The molecular weight excluding hydrogens is 302 g/mol. The van der Waals surface area contributed by atoms with E-state index in [1.165, 1.54) is 12.8 Å². The second-order valence-electron chi connectivity index (χ2n) is 4.06. The number of hydrogen-bond donors (Lipinski definition) is 1. The summed E-state index contributed by atoms with van der Waals surface area (Å²) in [6.45, 7) is 6.10. The Morgan fingerprint density at radius 3 is 2.88 bits per heavy atom. The van der Waals surface area contributed by atoms with Crippen LogP contribution in [0, 0.1) is 0 Å². The minimum Gasteiger partial charge on any atom is -0.488 e. The van der Waals surface area contributed by atoms with E-state index in [1.807, 2.05) is 25.1 Å². The lowest BCUT2D eigenvalue weighted by molar-refractivity contribution is 0.217. The molecule has 4 heteroatoms. The number of rotatable bonds is 7. The minimum absolute atomic E-state index is 0.116. The van der Waals surface area contributed by atoms with Gasteiger partial charge in [0.05, 0.1) is 5.02 Å². The number of unbranched alkanes of at least 4 members (excludes halogenated alkanes) is 1. The summed E-state index contributed by atoms with van der Waals surface area (Å²) in [6, 6.07) is 5.65. The second-order valence-corrected chi connectivity index (χ2v) is 5.38. The van der Waals surface area contributed by atoms with Crippen molar-refractivity contribution in [2.75, 3.05) is 13.1 Å². The molecule has 0 aliphatic heterocycles. The standard InChI is InChI=1S/C13H19BrClNO/c1-3-4-7-16-9-10(2)17-13-6-5-11(14)8-12(13)15/h5-6,8,10,16H,3-4,7,9H2,1-2H3. The highest BCUT2D eigenvalue weighted by Gasteiger charge is 2.07. The third-order valence-electron chi connectivity index (χ3n) is 2.36. The van der Waals surface area contributed by atoms with Crippen molar-refractivity contribution in [2.24, 2.45) is 0 Å². The van der Waals surface area contributed by atoms with Gasteiger partial charge in [-0.15, -0.1) is 0 Å². The van der Waals surface area contributed by atoms with Crippen LogP contribution in [0.15, 0.2) is 22.7 Å². The number of ether oxygens (including phenoxy) is 1. The number of halogens is 2. The van der Waals surface area contributed by atoms with Gasteiger partial charge in [-0.25, -0.2) is 0 Å². The molecule has 1 N–H and O–H groups in total. The largest absolute Gasteiger partial charge is 0.488 e. The zero-order chi connectivity index (χ0) is 12.7. The van der Waals surface area contributed by atoms with Crippen molar-refractivity contribution in [1.82, 2.24) is 5.32 Å². The van der Waals surface area contributed by atoms with Crippen LogP contribution in [0.3, 0.4) is 0 Å². The van der Waals surface area contributed by atoms with Crippen LogP contribution >= 0.6 is 27.5 Å². The molecule has 0 fully saturated rings. The second kappa shape index (κ2) is 7.96. The lowest BCUT2D eigenvalue weighted by Gasteiger charge is -2.16. The first-order chi connectivity index (χ1) is 8.13. The summed E-state index contributed by atoms with van der Waals surface area (Å²) in [5.41, 5.74) is 0. The fraction of sp³-hybridized carbons (Fsp3) is 0.538. The van der Waals surface area contributed by atoms with Gasteiger partial charge < -0.3 is 10.1 Å². The maximum Gasteiger partial charge on any atom is 0.138 e. The Balaban J connectivity index is 2.37. The highest BCUT2D eigenvalue weighted by atomic mass is 79.9. The zero-order valence-corrected chi connectivity index (χ0v) is 12.6. The Labute approximate surface area is 117 Å². The van der Waals surface area contributed by atoms with Gasteiger partial charge in [-0.3, -0.25) is 0 Å². The molecule has 0 bridgehead atoms. The first-order valence-corrected chi connectivity index (χ1v) is 7.13. The van der Waals surface area contributed by atoms with Crippen molar-refractivity contribution in [1.29, 1.82) is 0 Å². The predicted octanol–water partition coefficient (Wildman–Crippen LogP) is 4.26. The Kier molecular flexibility index (Phi) is 6.93. The third kappa shape index (κ3) is 5.75. The fourth-order valence-corrected chi connectivity index (χ4v) is 2.15. The highest BCUT2D eigenvalue weighted by molar-refractivity contribution is 9.10. The fourth-order valence-electron chi connectivity index (χ4n) is 1.44. The van der Waals surface area contributed by atoms with E-state index in [0.717, 1.165) is 23.3 Å². The van der Waals surface area contributed by atoms with Crippen LogP contribution in [0.5, 0.6) is 5.75 Å². The van der Waals surface area contributed by atoms with Crippen molar-refractivity contribution in [3.63, 3.8) is 0 Å². The van der Waals surface area contributed by atoms with Gasteiger partial charge in [-0.1, -0.05) is 40.9 Å². The first-order valence-electron chi connectivity index (χ1n) is 5.96. The zero-order valence-electron chi connectivity index (χ0n) is 10.3. The molecule has 96 valence electrons. The quantitative estimate of drug-likeness (QED) is 0.758. The average Bonchev–Trinajstić information content (AvgIpc) is 2.28. The molecule has 1 rings (SSSR count). The molecule has 0 radical (unpaired) electrons. The van der Waals surface area contributed by atoms with Gasteiger partial charge in [0.2, 0.25) is 0 Å². The average molecular weight is 321 g/mol. The molecule has 1 aromatic rings. The molecule has 0 saturated heterocycles. The number of nitrogens with one attached hydrogen (secondary N) is 1. The van der Waals surface area contributed by atoms with Gasteiger partial charge >= 0.3 is 0 Å². The van der Waals surface area contributed by atoms with Gasteiger partial charge in [-0.05, 0) is 38.1 Å². The molecule has 0 spiro atoms. The summed E-state index contributed by atoms with van der Waals surface area (Å²) in [6.07, 6.45) is 2.53. The Bertz CT molecular complexity index is 346. The summed E-state index contributed by atoms with van der Waals surface area (Å²) in [5, 5.41) is 4.00. The molecule has 0 aliphatic carbocycles. The van der Waals surface area contributed by atoms with Gasteiger partial charge in [0.1, 0.15) is 11.9 Å². The molecule has 0 aliphatic rings. The van der Waals surface area contributed by atoms with E-state index in [-0.39, 0.29) is 6.10 Å². The van der Waals surface area contributed by atoms with E-state index in [9.17, 15) is 0 Å². The normalized spacial score (nSPS) is 12.5.